The fraction of sp³-hybridized carbons (Fsp3) is 0.452. The molecule has 0 amide bonds. The Bertz CT molecular complexity index is 1420. The number of rotatable bonds is 11. The lowest BCUT2D eigenvalue weighted by Gasteiger charge is -2.39. The molecule has 41 heavy (non-hydrogen) atoms. The molecule has 0 bridgehead atoms. The van der Waals surface area contributed by atoms with Gasteiger partial charge >= 0.3 is 5.97 Å². The van der Waals surface area contributed by atoms with Crippen LogP contribution in [0.4, 0.5) is 4.39 Å². The van der Waals surface area contributed by atoms with E-state index in [9.17, 15) is 9.18 Å². The predicted molar refractivity (Wildman–Crippen MR) is 156 cm³/mol. The van der Waals surface area contributed by atoms with Crippen LogP contribution in [0.1, 0.15) is 44.2 Å². The highest BCUT2D eigenvalue weighted by atomic mass is 19.1. The van der Waals surface area contributed by atoms with Crippen LogP contribution in [-0.4, -0.2) is 73.1 Å². The minimum atomic E-state index is -0.447. The van der Waals surface area contributed by atoms with Crippen LogP contribution in [0.15, 0.2) is 59.8 Å². The number of methoxy groups -OCH3 is 3. The third-order valence-electron chi connectivity index (χ3n) is 7.54. The van der Waals surface area contributed by atoms with E-state index in [1.54, 1.807) is 26.3 Å². The quantitative estimate of drug-likeness (QED) is 0.141. The number of likely N-dealkylation sites (tertiary alicyclic amines) is 1. The van der Waals surface area contributed by atoms with E-state index in [0.717, 1.165) is 33.4 Å². The molecule has 2 aromatic heterocycles. The highest BCUT2D eigenvalue weighted by Crippen LogP contribution is 2.30. The Morgan fingerprint density at radius 3 is 2.68 bits per heavy atom. The number of halogens is 1. The summed E-state index contributed by atoms with van der Waals surface area (Å²) in [4.78, 5) is 19.0. The van der Waals surface area contributed by atoms with Crippen LogP contribution in [-0.2, 0) is 19.0 Å². The summed E-state index contributed by atoms with van der Waals surface area (Å²) in [6, 6.07) is 9.88. The van der Waals surface area contributed by atoms with Gasteiger partial charge in [-0.1, -0.05) is 13.0 Å². The molecule has 3 aromatic rings. The number of ether oxygens (including phenoxy) is 3. The average molecular weight is 566 g/mol. The second kappa shape index (κ2) is 13.8. The van der Waals surface area contributed by atoms with Gasteiger partial charge in [0, 0.05) is 61.2 Å². The summed E-state index contributed by atoms with van der Waals surface area (Å²) in [6.07, 6.45) is 3.91. The van der Waals surface area contributed by atoms with Crippen molar-refractivity contribution in [2.45, 2.75) is 45.9 Å². The zero-order chi connectivity index (χ0) is 29.5. The van der Waals surface area contributed by atoms with Gasteiger partial charge in [-0.3, -0.25) is 25.1 Å². The Kier molecular flexibility index (Phi) is 10.3. The molecule has 1 saturated heterocycles. The van der Waals surface area contributed by atoms with Crippen LogP contribution < -0.4 is 5.32 Å². The topological polar surface area (TPSA) is 102 Å². The van der Waals surface area contributed by atoms with Crippen molar-refractivity contribution in [3.8, 4) is 11.3 Å². The molecule has 3 atom stereocenters. The lowest BCUT2D eigenvalue weighted by Crippen LogP contribution is -2.52. The van der Waals surface area contributed by atoms with Gasteiger partial charge < -0.3 is 14.2 Å². The number of carbonyl (C=O) groups is 1. The molecule has 9 nitrogen and oxygen atoms in total. The van der Waals surface area contributed by atoms with Crippen molar-refractivity contribution in [3.63, 3.8) is 0 Å². The number of hydrogen-bond acceptors (Lipinski definition) is 8. The van der Waals surface area contributed by atoms with E-state index in [1.165, 1.54) is 14.2 Å². The van der Waals surface area contributed by atoms with Crippen molar-refractivity contribution in [2.75, 3.05) is 41.0 Å². The molecule has 2 N–H and O–H groups in total. The standard InChI is InChI=1S/C31H40FN5O4/c1-7-26(32)25(28(8-2)39-4)18-37-16-22(31(38)41-6)14-23(17-37)34-30(40-5)21-9-10-27-24(15-21)29(36-35-27)20-11-12-33-19(3)13-20/h8-13,15,22-23,30,34H,7,14,16-18H2,1-6H3,(H,35,36)/b26-25+,28-8+. The van der Waals surface area contributed by atoms with E-state index in [4.69, 9.17) is 14.2 Å². The van der Waals surface area contributed by atoms with Gasteiger partial charge in [0.25, 0.3) is 0 Å². The highest BCUT2D eigenvalue weighted by Gasteiger charge is 2.34. The number of nitrogens with zero attached hydrogens (tertiary/aromatic N) is 3. The Morgan fingerprint density at radius 1 is 1.22 bits per heavy atom. The molecule has 0 spiro atoms. The minimum absolute atomic E-state index is 0.122. The second-order valence-corrected chi connectivity index (χ2v) is 10.3. The van der Waals surface area contributed by atoms with Gasteiger partial charge in [0.05, 0.1) is 25.7 Å². The number of nitrogens with one attached hydrogen (secondary N) is 2. The molecular formula is C31H40FN5O4. The van der Waals surface area contributed by atoms with E-state index in [-0.39, 0.29) is 30.2 Å². The number of carbonyl (C=O) groups excluding carboxylic acids is 1. The molecule has 3 unspecified atom stereocenters. The van der Waals surface area contributed by atoms with E-state index in [1.807, 2.05) is 38.1 Å². The first-order chi connectivity index (χ1) is 19.8. The molecule has 1 fully saturated rings. The molecule has 1 aliphatic heterocycles. The number of aryl methyl sites for hydroxylation is 1. The zero-order valence-corrected chi connectivity index (χ0v) is 24.7. The number of piperidine rings is 1. The molecule has 0 saturated carbocycles. The van der Waals surface area contributed by atoms with Crippen molar-refractivity contribution in [3.05, 3.63) is 71.0 Å². The number of fused-ring (bicyclic) bond motifs is 1. The summed E-state index contributed by atoms with van der Waals surface area (Å²) in [5, 5.41) is 12.2. The Hall–Kier alpha value is -3.60. The first kappa shape index (κ1) is 30.4. The summed E-state index contributed by atoms with van der Waals surface area (Å²) in [6.45, 7) is 6.90. The van der Waals surface area contributed by atoms with Gasteiger partial charge in [-0.05, 0) is 62.6 Å². The lowest BCUT2D eigenvalue weighted by atomic mass is 9.93. The van der Waals surface area contributed by atoms with Crippen molar-refractivity contribution < 1.29 is 23.4 Å². The van der Waals surface area contributed by atoms with Gasteiger partial charge in [-0.15, -0.1) is 0 Å². The van der Waals surface area contributed by atoms with Crippen molar-refractivity contribution >= 4 is 16.9 Å². The van der Waals surface area contributed by atoms with Gasteiger partial charge in [-0.2, -0.15) is 5.10 Å². The number of pyridine rings is 1. The Morgan fingerprint density at radius 2 is 2.02 bits per heavy atom. The fourth-order valence-electron chi connectivity index (χ4n) is 5.55. The van der Waals surface area contributed by atoms with Crippen LogP contribution in [0.25, 0.3) is 22.2 Å². The van der Waals surface area contributed by atoms with Crippen LogP contribution in [0.5, 0.6) is 0 Å². The summed E-state index contributed by atoms with van der Waals surface area (Å²) in [5.74, 6) is -0.387. The van der Waals surface area contributed by atoms with Gasteiger partial charge in [0.1, 0.15) is 23.5 Å². The van der Waals surface area contributed by atoms with Crippen molar-refractivity contribution in [1.29, 1.82) is 0 Å². The summed E-state index contributed by atoms with van der Waals surface area (Å²) < 4.78 is 31.4. The molecule has 1 aliphatic rings. The first-order valence-electron chi connectivity index (χ1n) is 13.9. The summed E-state index contributed by atoms with van der Waals surface area (Å²) in [7, 11) is 4.59. The molecule has 10 heteroatoms. The summed E-state index contributed by atoms with van der Waals surface area (Å²) in [5.41, 5.74) is 5.07. The van der Waals surface area contributed by atoms with E-state index in [0.29, 0.717) is 37.4 Å². The third-order valence-corrected chi connectivity index (χ3v) is 7.54. The van der Waals surface area contributed by atoms with Gasteiger partial charge in [-0.25, -0.2) is 4.39 Å². The maximum Gasteiger partial charge on any atom is 0.310 e. The van der Waals surface area contributed by atoms with E-state index >= 15 is 0 Å². The summed E-state index contributed by atoms with van der Waals surface area (Å²) >= 11 is 0. The molecule has 1 aromatic carbocycles. The van der Waals surface area contributed by atoms with E-state index < -0.39 is 6.23 Å². The Balaban J connectivity index is 1.60. The van der Waals surface area contributed by atoms with Gasteiger partial charge in [0.2, 0.25) is 0 Å². The zero-order valence-electron chi connectivity index (χ0n) is 24.7. The average Bonchev–Trinajstić information content (AvgIpc) is 3.42. The molecule has 0 radical (unpaired) electrons. The lowest BCUT2D eigenvalue weighted by molar-refractivity contribution is -0.148. The van der Waals surface area contributed by atoms with Crippen LogP contribution in [0.2, 0.25) is 0 Å². The van der Waals surface area contributed by atoms with Crippen LogP contribution in [0, 0.1) is 12.8 Å². The monoisotopic (exact) mass is 565 g/mol. The van der Waals surface area contributed by atoms with Gasteiger partial charge in [0.15, 0.2) is 0 Å². The molecular weight excluding hydrogens is 525 g/mol. The number of aromatic amines is 1. The minimum Gasteiger partial charge on any atom is -0.497 e. The number of aromatic nitrogens is 3. The number of hydrogen-bond donors (Lipinski definition) is 2. The maximum absolute atomic E-state index is 15.0. The Labute approximate surface area is 240 Å². The number of benzene rings is 1. The third kappa shape index (κ3) is 7.01. The second-order valence-electron chi connectivity index (χ2n) is 10.3. The fourth-order valence-corrected chi connectivity index (χ4v) is 5.55. The molecule has 4 rings (SSSR count). The molecule has 0 aliphatic carbocycles. The van der Waals surface area contributed by atoms with Crippen LogP contribution in [0.3, 0.4) is 0 Å². The number of esters is 1. The first-order valence-corrected chi connectivity index (χ1v) is 13.9. The largest absolute Gasteiger partial charge is 0.497 e. The van der Waals surface area contributed by atoms with Crippen molar-refractivity contribution in [1.82, 2.24) is 25.4 Å². The smallest absolute Gasteiger partial charge is 0.310 e. The van der Waals surface area contributed by atoms with E-state index in [2.05, 4.69) is 31.5 Å². The highest BCUT2D eigenvalue weighted by molar-refractivity contribution is 5.93. The predicted octanol–water partition coefficient (Wildman–Crippen LogP) is 5.22. The normalized spacial score (nSPS) is 19.6. The number of allylic oxidation sites excluding steroid dienone is 2. The van der Waals surface area contributed by atoms with Crippen molar-refractivity contribution in [2.24, 2.45) is 5.92 Å². The SMILES string of the molecule is C/C=C(OC)\C(CN1CC(NC(OC)c2ccc3[nH]nc(-c4ccnc(C)c4)c3c2)CC(C(=O)OC)C1)=C(\F)CC. The maximum atomic E-state index is 15.0. The van der Waals surface area contributed by atoms with Crippen LogP contribution >= 0.6 is 0 Å². The number of H-pyrrole nitrogens is 1. The molecule has 220 valence electrons. The molecule has 3 heterocycles.